The van der Waals surface area contributed by atoms with Crippen molar-refractivity contribution >= 4 is 0 Å². The predicted octanol–water partition coefficient (Wildman–Crippen LogP) is 3.92. The molecule has 0 bridgehead atoms. The molecule has 64 valence electrons. The molecule has 1 fully saturated rings. The van der Waals surface area contributed by atoms with Gasteiger partial charge in [-0.05, 0) is 38.5 Å². The van der Waals surface area contributed by atoms with Crippen molar-refractivity contribution in [2.24, 2.45) is 5.92 Å². The van der Waals surface area contributed by atoms with Crippen LogP contribution in [0.15, 0.2) is 11.1 Å². The summed E-state index contributed by atoms with van der Waals surface area (Å²) in [5.41, 5.74) is 3.44. The van der Waals surface area contributed by atoms with Gasteiger partial charge in [0.05, 0.1) is 0 Å². The van der Waals surface area contributed by atoms with Crippen LogP contribution in [0.4, 0.5) is 0 Å². The van der Waals surface area contributed by atoms with Crippen molar-refractivity contribution in [1.82, 2.24) is 0 Å². The monoisotopic (exact) mass is 152 g/mol. The molecule has 0 saturated heterocycles. The van der Waals surface area contributed by atoms with Crippen LogP contribution in [0.25, 0.3) is 0 Å². The Labute approximate surface area is 70.7 Å². The van der Waals surface area contributed by atoms with Gasteiger partial charge in [0.2, 0.25) is 0 Å². The van der Waals surface area contributed by atoms with Crippen LogP contribution in [-0.2, 0) is 0 Å². The first-order valence-corrected chi connectivity index (χ1v) is 4.91. The second kappa shape index (κ2) is 3.94. The summed E-state index contributed by atoms with van der Waals surface area (Å²) in [7, 11) is 0. The maximum absolute atomic E-state index is 2.37. The Kier molecular flexibility index (Phi) is 3.16. The van der Waals surface area contributed by atoms with Crippen molar-refractivity contribution < 1.29 is 0 Å². The van der Waals surface area contributed by atoms with Gasteiger partial charge in [-0.2, -0.15) is 0 Å². The highest BCUT2D eigenvalue weighted by Gasteiger charge is 2.15. The van der Waals surface area contributed by atoms with Crippen LogP contribution in [0.2, 0.25) is 0 Å². The Balaban J connectivity index is 2.51. The zero-order valence-corrected chi connectivity index (χ0v) is 8.11. The highest BCUT2D eigenvalue weighted by atomic mass is 14.2. The molecular formula is C11H20. The highest BCUT2D eigenvalue weighted by Crippen LogP contribution is 2.32. The van der Waals surface area contributed by atoms with E-state index in [0.717, 1.165) is 5.92 Å². The van der Waals surface area contributed by atoms with E-state index in [4.69, 9.17) is 0 Å². The van der Waals surface area contributed by atoms with Gasteiger partial charge in [-0.25, -0.2) is 0 Å². The van der Waals surface area contributed by atoms with Crippen molar-refractivity contribution in [2.75, 3.05) is 0 Å². The van der Waals surface area contributed by atoms with Gasteiger partial charge in [0, 0.05) is 0 Å². The maximum Gasteiger partial charge on any atom is -0.0292 e. The normalized spacial score (nSPS) is 29.2. The molecule has 0 aromatic rings. The standard InChI is InChI=1S/C11H20/c1-4-5-10(3)11-7-6-9(2)8-11/h9H,4-8H2,1-3H3. The van der Waals surface area contributed by atoms with Gasteiger partial charge in [0.25, 0.3) is 0 Å². The second-order valence-electron chi connectivity index (χ2n) is 3.98. The van der Waals surface area contributed by atoms with E-state index < -0.39 is 0 Å². The van der Waals surface area contributed by atoms with Crippen molar-refractivity contribution in [3.8, 4) is 0 Å². The molecule has 0 radical (unpaired) electrons. The van der Waals surface area contributed by atoms with Gasteiger partial charge >= 0.3 is 0 Å². The summed E-state index contributed by atoms with van der Waals surface area (Å²) in [4.78, 5) is 0. The summed E-state index contributed by atoms with van der Waals surface area (Å²) in [6.45, 7) is 6.95. The first-order valence-electron chi connectivity index (χ1n) is 4.91. The Morgan fingerprint density at radius 3 is 2.73 bits per heavy atom. The molecule has 1 unspecified atom stereocenters. The van der Waals surface area contributed by atoms with Crippen LogP contribution >= 0.6 is 0 Å². The SMILES string of the molecule is CCCC(C)=C1CCC(C)C1. The third-order valence-corrected chi connectivity index (χ3v) is 2.76. The fourth-order valence-electron chi connectivity index (χ4n) is 1.98. The van der Waals surface area contributed by atoms with Gasteiger partial charge < -0.3 is 0 Å². The fourth-order valence-corrected chi connectivity index (χ4v) is 1.98. The highest BCUT2D eigenvalue weighted by molar-refractivity contribution is 5.15. The summed E-state index contributed by atoms with van der Waals surface area (Å²) in [6.07, 6.45) is 6.82. The number of hydrogen-bond acceptors (Lipinski definition) is 0. The molecule has 0 N–H and O–H groups in total. The van der Waals surface area contributed by atoms with Gasteiger partial charge in [0.1, 0.15) is 0 Å². The lowest BCUT2D eigenvalue weighted by molar-refractivity contribution is 0.619. The van der Waals surface area contributed by atoms with E-state index in [1.54, 1.807) is 11.1 Å². The summed E-state index contributed by atoms with van der Waals surface area (Å²) in [5.74, 6) is 0.955. The van der Waals surface area contributed by atoms with Crippen LogP contribution in [0.1, 0.15) is 52.9 Å². The van der Waals surface area contributed by atoms with E-state index in [1.165, 1.54) is 32.1 Å². The van der Waals surface area contributed by atoms with Gasteiger partial charge in [-0.1, -0.05) is 31.4 Å². The summed E-state index contributed by atoms with van der Waals surface area (Å²) in [5, 5.41) is 0. The lowest BCUT2D eigenvalue weighted by Gasteiger charge is -2.03. The molecule has 0 heteroatoms. The first kappa shape index (κ1) is 8.83. The molecule has 0 amide bonds. The van der Waals surface area contributed by atoms with E-state index in [0.29, 0.717) is 0 Å². The third-order valence-electron chi connectivity index (χ3n) is 2.76. The average Bonchev–Trinajstić information content (AvgIpc) is 2.36. The molecule has 0 aliphatic heterocycles. The smallest absolute Gasteiger partial charge is 0.0292 e. The van der Waals surface area contributed by atoms with Gasteiger partial charge in [-0.3, -0.25) is 0 Å². The van der Waals surface area contributed by atoms with E-state index in [-0.39, 0.29) is 0 Å². The largest absolute Gasteiger partial charge is 0.0741 e. The van der Waals surface area contributed by atoms with Crippen molar-refractivity contribution in [1.29, 1.82) is 0 Å². The van der Waals surface area contributed by atoms with Crippen LogP contribution in [0.3, 0.4) is 0 Å². The Morgan fingerprint density at radius 2 is 2.27 bits per heavy atom. The van der Waals surface area contributed by atoms with Gasteiger partial charge in [-0.15, -0.1) is 0 Å². The van der Waals surface area contributed by atoms with Crippen molar-refractivity contribution in [2.45, 2.75) is 52.9 Å². The van der Waals surface area contributed by atoms with Gasteiger partial charge in [0.15, 0.2) is 0 Å². The molecule has 0 aromatic heterocycles. The number of hydrogen-bond donors (Lipinski definition) is 0. The van der Waals surface area contributed by atoms with Crippen LogP contribution < -0.4 is 0 Å². The van der Waals surface area contributed by atoms with Crippen LogP contribution in [-0.4, -0.2) is 0 Å². The average molecular weight is 152 g/mol. The molecule has 0 spiro atoms. The maximum atomic E-state index is 2.37. The first-order chi connectivity index (χ1) is 5.24. The summed E-state index contributed by atoms with van der Waals surface area (Å²) in [6, 6.07) is 0. The summed E-state index contributed by atoms with van der Waals surface area (Å²) >= 11 is 0. The lowest BCUT2D eigenvalue weighted by Crippen LogP contribution is -1.85. The number of rotatable bonds is 2. The molecule has 0 aromatic carbocycles. The Morgan fingerprint density at radius 1 is 1.55 bits per heavy atom. The minimum atomic E-state index is 0.955. The third kappa shape index (κ3) is 2.36. The number of allylic oxidation sites excluding steroid dienone is 2. The van der Waals surface area contributed by atoms with E-state index in [1.807, 2.05) is 0 Å². The van der Waals surface area contributed by atoms with Crippen molar-refractivity contribution in [3.05, 3.63) is 11.1 Å². The van der Waals surface area contributed by atoms with E-state index >= 15 is 0 Å². The molecular weight excluding hydrogens is 132 g/mol. The molecule has 1 saturated carbocycles. The Hall–Kier alpha value is -0.260. The Bertz CT molecular complexity index is 153. The minimum absolute atomic E-state index is 0.955. The van der Waals surface area contributed by atoms with Crippen LogP contribution in [0.5, 0.6) is 0 Å². The zero-order chi connectivity index (χ0) is 8.27. The topological polar surface area (TPSA) is 0 Å². The summed E-state index contributed by atoms with van der Waals surface area (Å²) < 4.78 is 0. The van der Waals surface area contributed by atoms with E-state index in [9.17, 15) is 0 Å². The molecule has 1 rings (SSSR count). The van der Waals surface area contributed by atoms with Crippen molar-refractivity contribution in [3.63, 3.8) is 0 Å². The molecule has 11 heavy (non-hydrogen) atoms. The van der Waals surface area contributed by atoms with Crippen LogP contribution in [0, 0.1) is 5.92 Å². The fraction of sp³-hybridized carbons (Fsp3) is 0.818. The quantitative estimate of drug-likeness (QED) is 0.526. The molecule has 1 aliphatic rings. The minimum Gasteiger partial charge on any atom is -0.0741 e. The molecule has 0 heterocycles. The molecule has 1 aliphatic carbocycles. The predicted molar refractivity (Wildman–Crippen MR) is 50.6 cm³/mol. The second-order valence-corrected chi connectivity index (χ2v) is 3.98. The zero-order valence-electron chi connectivity index (χ0n) is 8.11. The van der Waals surface area contributed by atoms with E-state index in [2.05, 4.69) is 20.8 Å². The molecule has 0 nitrogen and oxygen atoms in total. The lowest BCUT2D eigenvalue weighted by atomic mass is 10.0. The molecule has 1 atom stereocenters.